The van der Waals surface area contributed by atoms with E-state index >= 15 is 0 Å². The standard InChI is InChI=1S/C22H34N2O4S/c1-15(2)29(26,27)24-18-10-8-17(9-11-18)22(25)23-21-13-12-20(14-16(21)3)28-19-6-4-5-7-19/h12-15,17-19,24H,4-11H2,1-3H3,(H,23,25). The second kappa shape index (κ2) is 9.47. The van der Waals surface area contributed by atoms with Crippen molar-refractivity contribution in [3.8, 4) is 5.75 Å². The average molecular weight is 423 g/mol. The molecular weight excluding hydrogens is 388 g/mol. The van der Waals surface area contributed by atoms with E-state index in [2.05, 4.69) is 10.0 Å². The Kier molecular flexibility index (Phi) is 7.22. The third kappa shape index (κ3) is 5.95. The summed E-state index contributed by atoms with van der Waals surface area (Å²) in [5.41, 5.74) is 1.81. The third-order valence-electron chi connectivity index (χ3n) is 6.11. The first-order chi connectivity index (χ1) is 13.7. The van der Waals surface area contributed by atoms with Gasteiger partial charge in [0.05, 0.1) is 11.4 Å². The van der Waals surface area contributed by atoms with Gasteiger partial charge in [0.2, 0.25) is 15.9 Å². The summed E-state index contributed by atoms with van der Waals surface area (Å²) in [5, 5.41) is 2.61. The van der Waals surface area contributed by atoms with Crippen LogP contribution in [0.25, 0.3) is 0 Å². The molecule has 1 aromatic carbocycles. The minimum atomic E-state index is -3.27. The molecule has 2 aliphatic rings. The molecule has 0 aromatic heterocycles. The average Bonchev–Trinajstić information content (AvgIpc) is 3.17. The number of sulfonamides is 1. The molecule has 2 N–H and O–H groups in total. The lowest BCUT2D eigenvalue weighted by molar-refractivity contribution is -0.120. The van der Waals surface area contributed by atoms with Gasteiger partial charge in [0, 0.05) is 17.6 Å². The van der Waals surface area contributed by atoms with Crippen LogP contribution in [0.2, 0.25) is 0 Å². The number of amides is 1. The molecule has 162 valence electrons. The summed E-state index contributed by atoms with van der Waals surface area (Å²) in [5.74, 6) is 0.802. The molecule has 0 aliphatic heterocycles. The number of rotatable bonds is 7. The molecule has 1 aromatic rings. The van der Waals surface area contributed by atoms with E-state index in [1.54, 1.807) is 13.8 Å². The van der Waals surface area contributed by atoms with E-state index in [1.165, 1.54) is 12.8 Å². The summed E-state index contributed by atoms with van der Waals surface area (Å²) in [6.45, 7) is 5.33. The Bertz CT molecular complexity index is 808. The molecule has 7 heteroatoms. The molecule has 1 amide bonds. The molecule has 2 aliphatic carbocycles. The van der Waals surface area contributed by atoms with Crippen molar-refractivity contribution < 1.29 is 17.9 Å². The zero-order chi connectivity index (χ0) is 21.0. The van der Waals surface area contributed by atoms with Gasteiger partial charge >= 0.3 is 0 Å². The number of benzene rings is 1. The van der Waals surface area contributed by atoms with Crippen molar-refractivity contribution in [1.29, 1.82) is 0 Å². The first kappa shape index (κ1) is 22.1. The monoisotopic (exact) mass is 422 g/mol. The highest BCUT2D eigenvalue weighted by molar-refractivity contribution is 7.90. The number of anilines is 1. The van der Waals surface area contributed by atoms with Crippen LogP contribution in [0, 0.1) is 12.8 Å². The molecule has 0 bridgehead atoms. The van der Waals surface area contributed by atoms with Crippen molar-refractivity contribution in [2.24, 2.45) is 5.92 Å². The number of ether oxygens (including phenoxy) is 1. The molecule has 2 fully saturated rings. The second-order valence-corrected chi connectivity index (χ2v) is 11.0. The third-order valence-corrected chi connectivity index (χ3v) is 8.01. The smallest absolute Gasteiger partial charge is 0.227 e. The molecule has 0 unspecified atom stereocenters. The normalized spacial score (nSPS) is 23.3. The van der Waals surface area contributed by atoms with Crippen LogP contribution in [-0.4, -0.2) is 31.7 Å². The van der Waals surface area contributed by atoms with E-state index in [1.807, 2.05) is 25.1 Å². The maximum absolute atomic E-state index is 12.7. The zero-order valence-corrected chi connectivity index (χ0v) is 18.6. The van der Waals surface area contributed by atoms with Crippen molar-refractivity contribution >= 4 is 21.6 Å². The molecule has 2 saturated carbocycles. The van der Waals surface area contributed by atoms with Gasteiger partial charge in [-0.15, -0.1) is 0 Å². The highest BCUT2D eigenvalue weighted by Crippen LogP contribution is 2.29. The first-order valence-electron chi connectivity index (χ1n) is 10.8. The quantitative estimate of drug-likeness (QED) is 0.692. The van der Waals surface area contributed by atoms with Gasteiger partial charge in [-0.25, -0.2) is 13.1 Å². The van der Waals surface area contributed by atoms with Gasteiger partial charge in [-0.2, -0.15) is 0 Å². The lowest BCUT2D eigenvalue weighted by Gasteiger charge is -2.29. The summed E-state index contributed by atoms with van der Waals surface area (Å²) in [7, 11) is -3.27. The SMILES string of the molecule is Cc1cc(OC2CCCC2)ccc1NC(=O)C1CCC(NS(=O)(=O)C(C)C)CC1. The minimum absolute atomic E-state index is 0.0164. The molecule has 0 atom stereocenters. The topological polar surface area (TPSA) is 84.5 Å². The Morgan fingerprint density at radius 2 is 1.72 bits per heavy atom. The molecular formula is C22H34N2O4S. The lowest BCUT2D eigenvalue weighted by atomic mass is 9.86. The Labute approximate surface area is 174 Å². The molecule has 0 saturated heterocycles. The van der Waals surface area contributed by atoms with E-state index in [-0.39, 0.29) is 17.9 Å². The van der Waals surface area contributed by atoms with Gasteiger partial charge in [-0.3, -0.25) is 4.79 Å². The van der Waals surface area contributed by atoms with Crippen LogP contribution in [0.4, 0.5) is 5.69 Å². The zero-order valence-electron chi connectivity index (χ0n) is 17.7. The lowest BCUT2D eigenvalue weighted by Crippen LogP contribution is -2.42. The Morgan fingerprint density at radius 1 is 1.07 bits per heavy atom. The highest BCUT2D eigenvalue weighted by Gasteiger charge is 2.29. The van der Waals surface area contributed by atoms with E-state index in [4.69, 9.17) is 4.74 Å². The van der Waals surface area contributed by atoms with Crippen molar-refractivity contribution in [3.63, 3.8) is 0 Å². The Morgan fingerprint density at radius 3 is 2.31 bits per heavy atom. The summed E-state index contributed by atoms with van der Waals surface area (Å²) < 4.78 is 32.9. The van der Waals surface area contributed by atoms with E-state index in [0.717, 1.165) is 29.8 Å². The van der Waals surface area contributed by atoms with Crippen molar-refractivity contribution in [2.45, 2.75) is 89.5 Å². The summed E-state index contributed by atoms with van der Waals surface area (Å²) in [4.78, 5) is 12.7. The second-order valence-electron chi connectivity index (χ2n) is 8.75. The van der Waals surface area contributed by atoms with Gasteiger partial charge in [0.25, 0.3) is 0 Å². The number of hydrogen-bond donors (Lipinski definition) is 2. The fraction of sp³-hybridized carbons (Fsp3) is 0.682. The maximum Gasteiger partial charge on any atom is 0.227 e. The van der Waals surface area contributed by atoms with E-state index in [9.17, 15) is 13.2 Å². The Hall–Kier alpha value is -1.60. The van der Waals surface area contributed by atoms with E-state index in [0.29, 0.717) is 31.8 Å². The summed E-state index contributed by atoms with van der Waals surface area (Å²) >= 11 is 0. The van der Waals surface area contributed by atoms with Crippen molar-refractivity contribution in [1.82, 2.24) is 4.72 Å². The van der Waals surface area contributed by atoms with E-state index < -0.39 is 15.3 Å². The predicted octanol–water partition coefficient (Wildman–Crippen LogP) is 4.14. The number of aryl methyl sites for hydroxylation is 1. The van der Waals surface area contributed by atoms with Gasteiger partial charge in [-0.05, 0) is 95.9 Å². The molecule has 6 nitrogen and oxygen atoms in total. The van der Waals surface area contributed by atoms with Crippen LogP contribution in [0.5, 0.6) is 5.75 Å². The molecule has 29 heavy (non-hydrogen) atoms. The van der Waals surface area contributed by atoms with Crippen LogP contribution in [0.3, 0.4) is 0 Å². The fourth-order valence-corrected chi connectivity index (χ4v) is 5.10. The molecule has 0 spiro atoms. The van der Waals surface area contributed by atoms with Crippen LogP contribution in [0.15, 0.2) is 18.2 Å². The van der Waals surface area contributed by atoms with Crippen molar-refractivity contribution in [3.05, 3.63) is 23.8 Å². The van der Waals surface area contributed by atoms with Crippen LogP contribution < -0.4 is 14.8 Å². The summed E-state index contributed by atoms with van der Waals surface area (Å²) in [6, 6.07) is 5.77. The largest absolute Gasteiger partial charge is 0.490 e. The molecule has 0 radical (unpaired) electrons. The first-order valence-corrected chi connectivity index (χ1v) is 12.4. The summed E-state index contributed by atoms with van der Waals surface area (Å²) in [6.07, 6.45) is 7.80. The van der Waals surface area contributed by atoms with Crippen LogP contribution in [-0.2, 0) is 14.8 Å². The van der Waals surface area contributed by atoms with Gasteiger partial charge < -0.3 is 10.1 Å². The van der Waals surface area contributed by atoms with Gasteiger partial charge in [-0.1, -0.05) is 0 Å². The number of nitrogens with one attached hydrogen (secondary N) is 2. The minimum Gasteiger partial charge on any atom is -0.490 e. The van der Waals surface area contributed by atoms with Gasteiger partial charge in [0.1, 0.15) is 5.75 Å². The number of carbonyl (C=O) groups excluding carboxylic acids is 1. The number of carbonyl (C=O) groups is 1. The number of hydrogen-bond acceptors (Lipinski definition) is 4. The molecule has 3 rings (SSSR count). The molecule has 0 heterocycles. The van der Waals surface area contributed by atoms with Crippen LogP contribution in [0.1, 0.15) is 70.8 Å². The highest BCUT2D eigenvalue weighted by atomic mass is 32.2. The fourth-order valence-electron chi connectivity index (χ4n) is 4.13. The van der Waals surface area contributed by atoms with Gasteiger partial charge in [0.15, 0.2) is 0 Å². The van der Waals surface area contributed by atoms with Crippen molar-refractivity contribution in [2.75, 3.05) is 5.32 Å². The van der Waals surface area contributed by atoms with Crippen LogP contribution >= 0.6 is 0 Å². The Balaban J connectivity index is 1.50. The predicted molar refractivity (Wildman–Crippen MR) is 116 cm³/mol. The maximum atomic E-state index is 12.7.